The Morgan fingerprint density at radius 1 is 1.40 bits per heavy atom. The summed E-state index contributed by atoms with van der Waals surface area (Å²) in [5, 5.41) is 5.06. The maximum Gasteiger partial charge on any atom is 0.261 e. The molecule has 20 heavy (non-hydrogen) atoms. The highest BCUT2D eigenvalue weighted by molar-refractivity contribution is 7.14. The number of para-hydroxylation sites is 1. The number of nitrogens with zero attached hydrogens (tertiary/aromatic N) is 1. The third kappa shape index (κ3) is 2.57. The number of halogens is 1. The Labute approximate surface area is 124 Å². The average molecular weight is 311 g/mol. The van der Waals surface area contributed by atoms with E-state index in [1.807, 2.05) is 5.38 Å². The number of alkyl halides is 1. The molecule has 0 atom stereocenters. The van der Waals surface area contributed by atoms with Crippen molar-refractivity contribution in [2.24, 2.45) is 0 Å². The number of anilines is 1. The number of fused-ring (bicyclic) bond motifs is 1. The third-order valence-corrected chi connectivity index (χ3v) is 3.80. The number of carbonyl (C=O) groups excluding carboxylic acids is 1. The van der Waals surface area contributed by atoms with Crippen molar-refractivity contribution in [1.82, 2.24) is 4.98 Å². The Bertz CT molecular complexity index is 644. The molecule has 7 heteroatoms. The van der Waals surface area contributed by atoms with Gasteiger partial charge in [0.1, 0.15) is 13.2 Å². The molecular formula is C13H11ClN2O3S. The fourth-order valence-electron chi connectivity index (χ4n) is 1.84. The van der Waals surface area contributed by atoms with Crippen LogP contribution in [-0.2, 0) is 5.88 Å². The molecule has 2 aromatic rings. The molecule has 0 bridgehead atoms. The molecule has 2 heterocycles. The number of carbonyl (C=O) groups is 1. The van der Waals surface area contributed by atoms with E-state index in [2.05, 4.69) is 10.3 Å². The van der Waals surface area contributed by atoms with E-state index in [9.17, 15) is 4.79 Å². The van der Waals surface area contributed by atoms with Gasteiger partial charge in [-0.05, 0) is 12.1 Å². The van der Waals surface area contributed by atoms with Crippen LogP contribution in [0.5, 0.6) is 11.5 Å². The zero-order valence-electron chi connectivity index (χ0n) is 10.4. The summed E-state index contributed by atoms with van der Waals surface area (Å²) >= 11 is 7.02. The summed E-state index contributed by atoms with van der Waals surface area (Å²) in [7, 11) is 0. The first-order valence-electron chi connectivity index (χ1n) is 5.98. The molecule has 0 fully saturated rings. The second-order valence-corrected chi connectivity index (χ2v) is 5.19. The molecule has 1 aliphatic rings. The molecule has 3 rings (SSSR count). The summed E-state index contributed by atoms with van der Waals surface area (Å²) in [4.78, 5) is 16.5. The zero-order chi connectivity index (χ0) is 13.9. The lowest BCUT2D eigenvalue weighted by molar-refractivity contribution is 0.101. The number of hydrogen-bond donors (Lipinski definition) is 1. The predicted molar refractivity (Wildman–Crippen MR) is 77.1 cm³/mol. The van der Waals surface area contributed by atoms with Crippen LogP contribution in [0.2, 0.25) is 0 Å². The smallest absolute Gasteiger partial charge is 0.261 e. The largest absolute Gasteiger partial charge is 0.486 e. The number of nitrogens with one attached hydrogen (secondary N) is 1. The van der Waals surface area contributed by atoms with E-state index in [-0.39, 0.29) is 5.91 Å². The SMILES string of the molecule is O=C(Nc1nc(CCl)cs1)c1cccc2c1OCCO2. The van der Waals surface area contributed by atoms with Gasteiger partial charge >= 0.3 is 0 Å². The Balaban J connectivity index is 1.83. The highest BCUT2D eigenvalue weighted by Crippen LogP contribution is 2.34. The van der Waals surface area contributed by atoms with E-state index < -0.39 is 0 Å². The van der Waals surface area contributed by atoms with Crippen LogP contribution in [-0.4, -0.2) is 24.1 Å². The Hall–Kier alpha value is -1.79. The molecule has 0 saturated heterocycles. The van der Waals surface area contributed by atoms with Crippen LogP contribution in [0.15, 0.2) is 23.6 Å². The summed E-state index contributed by atoms with van der Waals surface area (Å²) in [6, 6.07) is 5.23. The lowest BCUT2D eigenvalue weighted by Gasteiger charge is -2.20. The van der Waals surface area contributed by atoms with Crippen LogP contribution in [0.1, 0.15) is 16.1 Å². The van der Waals surface area contributed by atoms with Crippen LogP contribution in [0.4, 0.5) is 5.13 Å². The summed E-state index contributed by atoms with van der Waals surface area (Å²) in [6.45, 7) is 0.925. The van der Waals surface area contributed by atoms with Gasteiger partial charge in [0.2, 0.25) is 0 Å². The first-order valence-corrected chi connectivity index (χ1v) is 7.39. The van der Waals surface area contributed by atoms with Crippen molar-refractivity contribution < 1.29 is 14.3 Å². The monoisotopic (exact) mass is 310 g/mol. The van der Waals surface area contributed by atoms with Crippen molar-refractivity contribution in [1.29, 1.82) is 0 Å². The van der Waals surface area contributed by atoms with Gasteiger partial charge in [0.05, 0.1) is 17.1 Å². The van der Waals surface area contributed by atoms with Crippen LogP contribution < -0.4 is 14.8 Å². The predicted octanol–water partition coefficient (Wildman–Crippen LogP) is 2.91. The number of rotatable bonds is 3. The van der Waals surface area contributed by atoms with Crippen molar-refractivity contribution in [2.45, 2.75) is 5.88 Å². The number of amides is 1. The van der Waals surface area contributed by atoms with Crippen LogP contribution in [0.25, 0.3) is 0 Å². The first kappa shape index (κ1) is 13.2. The quantitative estimate of drug-likeness (QED) is 0.886. The second-order valence-electron chi connectivity index (χ2n) is 4.06. The van der Waals surface area contributed by atoms with Crippen LogP contribution in [0, 0.1) is 0 Å². The number of thiazole rings is 1. The van der Waals surface area contributed by atoms with Crippen molar-refractivity contribution in [3.8, 4) is 11.5 Å². The lowest BCUT2D eigenvalue weighted by Crippen LogP contribution is -2.20. The Kier molecular flexibility index (Phi) is 3.75. The van der Waals surface area contributed by atoms with Gasteiger partial charge in [-0.1, -0.05) is 6.07 Å². The molecule has 1 amide bonds. The molecule has 0 unspecified atom stereocenters. The first-order chi connectivity index (χ1) is 9.78. The van der Waals surface area contributed by atoms with Crippen LogP contribution in [0.3, 0.4) is 0 Å². The zero-order valence-corrected chi connectivity index (χ0v) is 12.0. The highest BCUT2D eigenvalue weighted by atomic mass is 35.5. The van der Waals surface area contributed by atoms with Crippen molar-refractivity contribution in [3.63, 3.8) is 0 Å². The molecule has 104 valence electrons. The molecule has 0 spiro atoms. The minimum Gasteiger partial charge on any atom is -0.486 e. The van der Waals surface area contributed by atoms with E-state index in [0.29, 0.717) is 41.3 Å². The van der Waals surface area contributed by atoms with Gasteiger partial charge in [-0.2, -0.15) is 0 Å². The molecule has 1 aromatic heterocycles. The molecule has 1 aromatic carbocycles. The number of hydrogen-bond acceptors (Lipinski definition) is 5. The number of aromatic nitrogens is 1. The molecule has 0 radical (unpaired) electrons. The average Bonchev–Trinajstić information content (AvgIpc) is 2.94. The van der Waals surface area contributed by atoms with Crippen molar-refractivity contribution >= 4 is 34.0 Å². The van der Waals surface area contributed by atoms with Gasteiger partial charge in [-0.25, -0.2) is 4.98 Å². The Morgan fingerprint density at radius 3 is 3.05 bits per heavy atom. The normalized spacial score (nSPS) is 13.1. The third-order valence-electron chi connectivity index (χ3n) is 2.72. The summed E-state index contributed by atoms with van der Waals surface area (Å²) in [6.07, 6.45) is 0. The van der Waals surface area contributed by atoms with Crippen molar-refractivity contribution in [2.75, 3.05) is 18.5 Å². The van der Waals surface area contributed by atoms with Gasteiger partial charge in [-0.3, -0.25) is 10.1 Å². The number of benzene rings is 1. The molecule has 5 nitrogen and oxygen atoms in total. The minimum atomic E-state index is -0.275. The van der Waals surface area contributed by atoms with Gasteiger partial charge < -0.3 is 9.47 Å². The fraction of sp³-hybridized carbons (Fsp3) is 0.231. The summed E-state index contributed by atoms with van der Waals surface area (Å²) < 4.78 is 11.0. The summed E-state index contributed by atoms with van der Waals surface area (Å²) in [5.74, 6) is 1.11. The topological polar surface area (TPSA) is 60.5 Å². The van der Waals surface area contributed by atoms with Gasteiger partial charge in [0.15, 0.2) is 16.6 Å². The molecule has 0 aliphatic carbocycles. The van der Waals surface area contributed by atoms with Gasteiger partial charge in [-0.15, -0.1) is 22.9 Å². The maximum absolute atomic E-state index is 12.3. The second kappa shape index (κ2) is 5.68. The lowest BCUT2D eigenvalue weighted by atomic mass is 10.1. The highest BCUT2D eigenvalue weighted by Gasteiger charge is 2.20. The van der Waals surface area contributed by atoms with Crippen LogP contribution >= 0.6 is 22.9 Å². The number of ether oxygens (including phenoxy) is 2. The van der Waals surface area contributed by atoms with E-state index in [4.69, 9.17) is 21.1 Å². The minimum absolute atomic E-state index is 0.275. The Morgan fingerprint density at radius 2 is 2.25 bits per heavy atom. The van der Waals surface area contributed by atoms with Crippen molar-refractivity contribution in [3.05, 3.63) is 34.8 Å². The molecular weight excluding hydrogens is 300 g/mol. The van der Waals surface area contributed by atoms with E-state index in [1.54, 1.807) is 18.2 Å². The molecule has 1 N–H and O–H groups in total. The van der Waals surface area contributed by atoms with Gasteiger partial charge in [0.25, 0.3) is 5.91 Å². The standard InChI is InChI=1S/C13H11ClN2O3S/c14-6-8-7-20-13(15-8)16-12(17)9-2-1-3-10-11(9)19-5-4-18-10/h1-3,7H,4-6H2,(H,15,16,17). The van der Waals surface area contributed by atoms with E-state index in [0.717, 1.165) is 5.69 Å². The molecule has 1 aliphatic heterocycles. The van der Waals surface area contributed by atoms with Gasteiger partial charge in [0, 0.05) is 5.38 Å². The maximum atomic E-state index is 12.3. The summed E-state index contributed by atoms with van der Waals surface area (Å²) in [5.41, 5.74) is 1.17. The fourth-order valence-corrected chi connectivity index (χ4v) is 2.78. The van der Waals surface area contributed by atoms with E-state index in [1.165, 1.54) is 11.3 Å². The van der Waals surface area contributed by atoms with E-state index >= 15 is 0 Å². The molecule has 0 saturated carbocycles.